The highest BCUT2D eigenvalue weighted by atomic mass is 16.5. The largest absolute Gasteiger partial charge is 0.481 e. The van der Waals surface area contributed by atoms with Crippen LogP contribution in [0.5, 0.6) is 5.75 Å². The Balaban J connectivity index is 1.41. The topological polar surface area (TPSA) is 67.3 Å². The van der Waals surface area contributed by atoms with Gasteiger partial charge in [0.15, 0.2) is 6.10 Å². The molecule has 6 nitrogen and oxygen atoms in total. The molecule has 1 fully saturated rings. The second-order valence-corrected chi connectivity index (χ2v) is 8.34. The van der Waals surface area contributed by atoms with Gasteiger partial charge >= 0.3 is 0 Å². The van der Waals surface area contributed by atoms with Gasteiger partial charge < -0.3 is 15.0 Å². The number of ether oxygens (including phenoxy) is 1. The van der Waals surface area contributed by atoms with Crippen molar-refractivity contribution >= 4 is 5.91 Å². The molecule has 0 saturated carbocycles. The Kier molecular flexibility index (Phi) is 5.81. The fourth-order valence-corrected chi connectivity index (χ4v) is 4.30. The third kappa shape index (κ3) is 4.58. The summed E-state index contributed by atoms with van der Waals surface area (Å²) in [5.41, 5.74) is 4.41. The van der Waals surface area contributed by atoms with Gasteiger partial charge in [-0.25, -0.2) is 9.97 Å². The molecule has 1 aromatic heterocycles. The third-order valence-corrected chi connectivity index (χ3v) is 5.78. The van der Waals surface area contributed by atoms with Crippen LogP contribution < -0.4 is 10.1 Å². The summed E-state index contributed by atoms with van der Waals surface area (Å²) in [5.74, 6) is 2.10. The maximum absolute atomic E-state index is 12.9. The average Bonchev–Trinajstić information content (AvgIpc) is 2.72. The van der Waals surface area contributed by atoms with Crippen molar-refractivity contribution in [1.29, 1.82) is 0 Å². The van der Waals surface area contributed by atoms with E-state index in [1.807, 2.05) is 44.0 Å². The molecule has 2 aliphatic heterocycles. The molecule has 0 aliphatic carbocycles. The van der Waals surface area contributed by atoms with E-state index in [0.29, 0.717) is 19.0 Å². The first kappa shape index (κ1) is 19.8. The molecule has 0 bridgehead atoms. The summed E-state index contributed by atoms with van der Waals surface area (Å²) < 4.78 is 5.95. The molecule has 29 heavy (non-hydrogen) atoms. The molecule has 1 amide bonds. The minimum absolute atomic E-state index is 0.00960. The van der Waals surface area contributed by atoms with Gasteiger partial charge in [0, 0.05) is 43.7 Å². The number of hydrogen-bond donors (Lipinski definition) is 1. The van der Waals surface area contributed by atoms with Crippen molar-refractivity contribution in [2.45, 2.75) is 58.6 Å². The Labute approximate surface area is 172 Å². The summed E-state index contributed by atoms with van der Waals surface area (Å²) in [6.07, 6.45) is 4.48. The number of carbonyl (C=O) groups is 1. The summed E-state index contributed by atoms with van der Waals surface area (Å²) in [4.78, 5) is 24.3. The van der Waals surface area contributed by atoms with Crippen molar-refractivity contribution in [2.75, 3.05) is 19.6 Å². The Bertz CT molecular complexity index is 872. The number of hydrogen-bond acceptors (Lipinski definition) is 5. The zero-order valence-corrected chi connectivity index (χ0v) is 17.6. The first-order valence-corrected chi connectivity index (χ1v) is 10.6. The zero-order chi connectivity index (χ0) is 20.4. The zero-order valence-electron chi connectivity index (χ0n) is 17.6. The monoisotopic (exact) mass is 394 g/mol. The number of aryl methyl sites for hydroxylation is 2. The molecule has 0 radical (unpaired) electrons. The fraction of sp³-hybridized carbons (Fsp3) is 0.522. The number of aromatic nitrogens is 2. The van der Waals surface area contributed by atoms with Crippen LogP contribution in [0, 0.1) is 13.8 Å². The number of rotatable bonds is 4. The first-order valence-electron chi connectivity index (χ1n) is 10.6. The predicted molar refractivity (Wildman–Crippen MR) is 112 cm³/mol. The number of carbonyl (C=O) groups excluding carboxylic acids is 1. The first-order chi connectivity index (χ1) is 14.0. The van der Waals surface area contributed by atoms with Crippen LogP contribution in [0.1, 0.15) is 53.9 Å². The van der Waals surface area contributed by atoms with Crippen LogP contribution in [0.15, 0.2) is 24.4 Å². The molecule has 2 aromatic rings. The van der Waals surface area contributed by atoms with Gasteiger partial charge in [0.1, 0.15) is 11.6 Å². The number of fused-ring (bicyclic) bond motifs is 1. The SMILES string of the molecule is Cc1cc(C)cc(OC(C)C(=O)N2CCc3nc(C4CCCNC4)ncc3C2)c1. The van der Waals surface area contributed by atoms with E-state index in [4.69, 9.17) is 9.72 Å². The van der Waals surface area contributed by atoms with E-state index >= 15 is 0 Å². The molecule has 0 spiro atoms. The lowest BCUT2D eigenvalue weighted by Crippen LogP contribution is -2.43. The lowest BCUT2D eigenvalue weighted by molar-refractivity contribution is -0.138. The van der Waals surface area contributed by atoms with Gasteiger partial charge in [-0.05, 0) is 63.4 Å². The van der Waals surface area contributed by atoms with Gasteiger partial charge in [0.05, 0.1) is 5.69 Å². The standard InChI is InChI=1S/C23H30N4O2/c1-15-9-16(2)11-20(10-15)29-17(3)23(28)27-8-6-21-19(14-27)13-25-22(26-21)18-5-4-7-24-12-18/h9-11,13,17-18,24H,4-8,12,14H2,1-3H3. The maximum Gasteiger partial charge on any atom is 0.263 e. The van der Waals surface area contributed by atoms with Crippen molar-refractivity contribution in [3.8, 4) is 5.75 Å². The molecule has 6 heteroatoms. The van der Waals surface area contributed by atoms with E-state index in [1.165, 1.54) is 6.42 Å². The summed E-state index contributed by atoms with van der Waals surface area (Å²) >= 11 is 0. The normalized spacial score (nSPS) is 20.1. The number of piperidine rings is 1. The van der Waals surface area contributed by atoms with Crippen LogP contribution in [0.3, 0.4) is 0 Å². The summed E-state index contributed by atoms with van der Waals surface area (Å²) in [5, 5.41) is 3.43. The molecule has 2 aliphatic rings. The summed E-state index contributed by atoms with van der Waals surface area (Å²) in [7, 11) is 0. The van der Waals surface area contributed by atoms with Gasteiger partial charge in [0.2, 0.25) is 0 Å². The quantitative estimate of drug-likeness (QED) is 0.864. The van der Waals surface area contributed by atoms with Crippen LogP contribution in [-0.2, 0) is 17.8 Å². The van der Waals surface area contributed by atoms with Crippen molar-refractivity contribution in [3.63, 3.8) is 0 Å². The molecule has 1 saturated heterocycles. The minimum Gasteiger partial charge on any atom is -0.481 e. The van der Waals surface area contributed by atoms with Gasteiger partial charge in [-0.2, -0.15) is 0 Å². The molecule has 1 N–H and O–H groups in total. The van der Waals surface area contributed by atoms with E-state index in [2.05, 4.69) is 16.4 Å². The average molecular weight is 395 g/mol. The Morgan fingerprint density at radius 3 is 2.79 bits per heavy atom. The fourth-order valence-electron chi connectivity index (χ4n) is 4.30. The van der Waals surface area contributed by atoms with Gasteiger partial charge in [0.25, 0.3) is 5.91 Å². The third-order valence-electron chi connectivity index (χ3n) is 5.78. The van der Waals surface area contributed by atoms with Crippen LogP contribution in [-0.4, -0.2) is 46.5 Å². The smallest absolute Gasteiger partial charge is 0.263 e. The van der Waals surface area contributed by atoms with Crippen molar-refractivity contribution in [1.82, 2.24) is 20.2 Å². The molecule has 1 aromatic carbocycles. The number of nitrogens with one attached hydrogen (secondary N) is 1. The van der Waals surface area contributed by atoms with Crippen LogP contribution >= 0.6 is 0 Å². The number of benzene rings is 1. The minimum atomic E-state index is -0.522. The lowest BCUT2D eigenvalue weighted by atomic mass is 9.98. The van der Waals surface area contributed by atoms with E-state index < -0.39 is 6.10 Å². The molecule has 154 valence electrons. The maximum atomic E-state index is 12.9. The van der Waals surface area contributed by atoms with Crippen molar-refractivity contribution in [3.05, 3.63) is 52.6 Å². The summed E-state index contributed by atoms with van der Waals surface area (Å²) in [6, 6.07) is 6.04. The number of nitrogens with zero attached hydrogens (tertiary/aromatic N) is 3. The Morgan fingerprint density at radius 2 is 2.07 bits per heavy atom. The van der Waals surface area contributed by atoms with Gasteiger partial charge in [-0.3, -0.25) is 4.79 Å². The molecular formula is C23H30N4O2. The molecule has 2 atom stereocenters. The molecule has 3 heterocycles. The Hall–Kier alpha value is -2.47. The number of amides is 1. The van der Waals surface area contributed by atoms with Crippen molar-refractivity contribution in [2.24, 2.45) is 0 Å². The molecule has 4 rings (SSSR count). The summed E-state index contributed by atoms with van der Waals surface area (Å²) in [6.45, 7) is 9.16. The lowest BCUT2D eigenvalue weighted by Gasteiger charge is -2.31. The molecule has 2 unspecified atom stereocenters. The van der Waals surface area contributed by atoms with Crippen LogP contribution in [0.25, 0.3) is 0 Å². The highest BCUT2D eigenvalue weighted by molar-refractivity contribution is 5.81. The highest BCUT2D eigenvalue weighted by Gasteiger charge is 2.28. The van der Waals surface area contributed by atoms with E-state index in [0.717, 1.165) is 59.9 Å². The van der Waals surface area contributed by atoms with E-state index in [1.54, 1.807) is 0 Å². The van der Waals surface area contributed by atoms with E-state index in [9.17, 15) is 4.79 Å². The molecular weight excluding hydrogens is 364 g/mol. The van der Waals surface area contributed by atoms with Gasteiger partial charge in [-0.15, -0.1) is 0 Å². The van der Waals surface area contributed by atoms with Crippen LogP contribution in [0.4, 0.5) is 0 Å². The predicted octanol–water partition coefficient (Wildman–Crippen LogP) is 2.91. The second kappa shape index (κ2) is 8.49. The van der Waals surface area contributed by atoms with Gasteiger partial charge in [-0.1, -0.05) is 6.07 Å². The van der Waals surface area contributed by atoms with E-state index in [-0.39, 0.29) is 5.91 Å². The van der Waals surface area contributed by atoms with Crippen LogP contribution in [0.2, 0.25) is 0 Å². The highest BCUT2D eigenvalue weighted by Crippen LogP contribution is 2.24. The van der Waals surface area contributed by atoms with Crippen molar-refractivity contribution < 1.29 is 9.53 Å². The Morgan fingerprint density at radius 1 is 1.28 bits per heavy atom. The second-order valence-electron chi connectivity index (χ2n) is 8.34.